The second kappa shape index (κ2) is 7.88. The first-order chi connectivity index (χ1) is 8.63. The summed E-state index contributed by atoms with van der Waals surface area (Å²) < 4.78 is 5.03. The predicted molar refractivity (Wildman–Crippen MR) is 73.6 cm³/mol. The summed E-state index contributed by atoms with van der Waals surface area (Å²) in [6, 6.07) is 7.53. The lowest BCUT2D eigenvalue weighted by Gasteiger charge is -2.07. The molecule has 1 aromatic carbocycles. The number of methoxy groups -OCH3 is 1. The Balaban J connectivity index is 2.37. The van der Waals surface area contributed by atoms with Crippen LogP contribution in [0.4, 0.5) is 0 Å². The molecule has 3 heteroatoms. The van der Waals surface area contributed by atoms with Gasteiger partial charge in [-0.1, -0.05) is 26.0 Å². The summed E-state index contributed by atoms with van der Waals surface area (Å²) in [7, 11) is 1.66. The Hall–Kier alpha value is -1.35. The fraction of sp³-hybridized carbons (Fsp3) is 0.533. The Bertz CT molecular complexity index is 357. The molecule has 0 aliphatic carbocycles. The van der Waals surface area contributed by atoms with Crippen molar-refractivity contribution < 1.29 is 9.53 Å². The number of amides is 1. The fourth-order valence-corrected chi connectivity index (χ4v) is 1.73. The van der Waals surface area contributed by atoms with Gasteiger partial charge in [-0.3, -0.25) is 4.79 Å². The van der Waals surface area contributed by atoms with Gasteiger partial charge < -0.3 is 10.1 Å². The Kier molecular flexibility index (Phi) is 6.44. The van der Waals surface area contributed by atoms with Crippen LogP contribution < -0.4 is 5.32 Å². The monoisotopic (exact) mass is 249 g/mol. The van der Waals surface area contributed by atoms with Gasteiger partial charge in [0.25, 0.3) is 5.91 Å². The zero-order valence-electron chi connectivity index (χ0n) is 11.5. The van der Waals surface area contributed by atoms with Gasteiger partial charge in [0.05, 0.1) is 6.61 Å². The third kappa shape index (κ3) is 5.32. The largest absolute Gasteiger partial charge is 0.380 e. The first kappa shape index (κ1) is 14.7. The number of hydrogen-bond donors (Lipinski definition) is 1. The lowest BCUT2D eigenvalue weighted by molar-refractivity contribution is 0.0952. The number of nitrogens with one attached hydrogen (secondary N) is 1. The van der Waals surface area contributed by atoms with Crippen LogP contribution in [-0.4, -0.2) is 19.6 Å². The fourth-order valence-electron chi connectivity index (χ4n) is 1.73. The van der Waals surface area contributed by atoms with Crippen molar-refractivity contribution in [3.8, 4) is 0 Å². The zero-order chi connectivity index (χ0) is 13.4. The number of rotatable bonds is 7. The van der Waals surface area contributed by atoms with Gasteiger partial charge in [0.2, 0.25) is 0 Å². The smallest absolute Gasteiger partial charge is 0.251 e. The molecule has 1 N–H and O–H groups in total. The molecule has 0 saturated carbocycles. The third-order valence-electron chi connectivity index (χ3n) is 2.77. The lowest BCUT2D eigenvalue weighted by Crippen LogP contribution is -2.24. The van der Waals surface area contributed by atoms with Gasteiger partial charge >= 0.3 is 0 Å². The van der Waals surface area contributed by atoms with Crippen molar-refractivity contribution in [1.82, 2.24) is 5.32 Å². The van der Waals surface area contributed by atoms with E-state index < -0.39 is 0 Å². The standard InChI is InChI=1S/C15H23NO2/c1-12(2)5-4-10-16-15(17)14-8-6-13(7-9-14)11-18-3/h6-9,12H,4-5,10-11H2,1-3H3,(H,16,17). The van der Waals surface area contributed by atoms with Gasteiger partial charge in [-0.15, -0.1) is 0 Å². The van der Waals surface area contributed by atoms with Crippen molar-refractivity contribution in [2.24, 2.45) is 5.92 Å². The van der Waals surface area contributed by atoms with Crippen LogP contribution in [0.1, 0.15) is 42.6 Å². The molecule has 0 saturated heterocycles. The van der Waals surface area contributed by atoms with Gasteiger partial charge in [0.15, 0.2) is 0 Å². The second-order valence-electron chi connectivity index (χ2n) is 4.92. The van der Waals surface area contributed by atoms with Crippen LogP contribution >= 0.6 is 0 Å². The van der Waals surface area contributed by atoms with Crippen LogP contribution in [0.2, 0.25) is 0 Å². The maximum atomic E-state index is 11.8. The lowest BCUT2D eigenvalue weighted by atomic mass is 10.1. The highest BCUT2D eigenvalue weighted by Gasteiger charge is 2.04. The zero-order valence-corrected chi connectivity index (χ0v) is 11.5. The average Bonchev–Trinajstić information content (AvgIpc) is 2.35. The number of benzene rings is 1. The quantitative estimate of drug-likeness (QED) is 0.754. The molecular weight excluding hydrogens is 226 g/mol. The molecule has 3 nitrogen and oxygen atoms in total. The average molecular weight is 249 g/mol. The predicted octanol–water partition coefficient (Wildman–Crippen LogP) is 3.00. The van der Waals surface area contributed by atoms with Gasteiger partial charge in [-0.2, -0.15) is 0 Å². The molecule has 18 heavy (non-hydrogen) atoms. The summed E-state index contributed by atoms with van der Waals surface area (Å²) in [5.41, 5.74) is 1.79. The van der Waals surface area contributed by atoms with Crippen LogP contribution in [0.5, 0.6) is 0 Å². The van der Waals surface area contributed by atoms with Crippen LogP contribution in [0, 0.1) is 5.92 Å². The summed E-state index contributed by atoms with van der Waals surface area (Å²) in [6.45, 7) is 5.71. The molecule has 0 radical (unpaired) electrons. The molecule has 0 aromatic heterocycles. The van der Waals surface area contributed by atoms with Gasteiger partial charge in [-0.25, -0.2) is 0 Å². The van der Waals surface area contributed by atoms with Crippen LogP contribution in [0.3, 0.4) is 0 Å². The first-order valence-corrected chi connectivity index (χ1v) is 6.49. The highest BCUT2D eigenvalue weighted by molar-refractivity contribution is 5.94. The molecule has 1 rings (SSSR count). The minimum absolute atomic E-state index is 0.00252. The summed E-state index contributed by atoms with van der Waals surface area (Å²) in [5.74, 6) is 0.693. The highest BCUT2D eigenvalue weighted by Crippen LogP contribution is 2.06. The number of carbonyl (C=O) groups is 1. The molecule has 100 valence electrons. The summed E-state index contributed by atoms with van der Waals surface area (Å²) in [5, 5.41) is 2.94. The van der Waals surface area contributed by atoms with E-state index in [9.17, 15) is 4.79 Å². The molecule has 0 bridgehead atoms. The maximum Gasteiger partial charge on any atom is 0.251 e. The minimum atomic E-state index is 0.00252. The number of carbonyl (C=O) groups excluding carboxylic acids is 1. The van der Waals surface area contributed by atoms with E-state index in [-0.39, 0.29) is 5.91 Å². The molecule has 0 heterocycles. The van der Waals surface area contributed by atoms with Gasteiger partial charge in [-0.05, 0) is 36.5 Å². The van der Waals surface area contributed by atoms with Gasteiger partial charge in [0.1, 0.15) is 0 Å². The molecule has 0 aliphatic rings. The van der Waals surface area contributed by atoms with E-state index in [4.69, 9.17) is 4.74 Å². The van der Waals surface area contributed by atoms with E-state index in [0.29, 0.717) is 18.1 Å². The van der Waals surface area contributed by atoms with E-state index >= 15 is 0 Å². The summed E-state index contributed by atoms with van der Waals surface area (Å²) in [6.07, 6.45) is 2.18. The van der Waals surface area contributed by atoms with Crippen molar-refractivity contribution in [3.63, 3.8) is 0 Å². The SMILES string of the molecule is COCc1ccc(C(=O)NCCCC(C)C)cc1. The summed E-state index contributed by atoms with van der Waals surface area (Å²) in [4.78, 5) is 11.8. The third-order valence-corrected chi connectivity index (χ3v) is 2.77. The molecule has 0 spiro atoms. The first-order valence-electron chi connectivity index (χ1n) is 6.49. The van der Waals surface area contributed by atoms with E-state index in [2.05, 4.69) is 19.2 Å². The second-order valence-corrected chi connectivity index (χ2v) is 4.92. The molecule has 0 atom stereocenters. The molecule has 0 fully saturated rings. The van der Waals surface area contributed by atoms with Crippen molar-refractivity contribution in [2.75, 3.05) is 13.7 Å². The van der Waals surface area contributed by atoms with Crippen molar-refractivity contribution >= 4 is 5.91 Å². The molecular formula is C15H23NO2. The van der Waals surface area contributed by atoms with Crippen molar-refractivity contribution in [2.45, 2.75) is 33.3 Å². The highest BCUT2D eigenvalue weighted by atomic mass is 16.5. The van der Waals surface area contributed by atoms with Gasteiger partial charge in [0, 0.05) is 19.2 Å². The van der Waals surface area contributed by atoms with E-state index in [1.165, 1.54) is 0 Å². The minimum Gasteiger partial charge on any atom is -0.380 e. The van der Waals surface area contributed by atoms with Crippen LogP contribution in [0.25, 0.3) is 0 Å². The Morgan fingerprint density at radius 2 is 1.94 bits per heavy atom. The maximum absolute atomic E-state index is 11.8. The van der Waals surface area contributed by atoms with Crippen molar-refractivity contribution in [3.05, 3.63) is 35.4 Å². The summed E-state index contributed by atoms with van der Waals surface area (Å²) >= 11 is 0. The Morgan fingerprint density at radius 3 is 2.50 bits per heavy atom. The molecule has 0 unspecified atom stereocenters. The Morgan fingerprint density at radius 1 is 1.28 bits per heavy atom. The van der Waals surface area contributed by atoms with Crippen LogP contribution in [0.15, 0.2) is 24.3 Å². The molecule has 1 amide bonds. The van der Waals surface area contributed by atoms with Crippen molar-refractivity contribution in [1.29, 1.82) is 0 Å². The topological polar surface area (TPSA) is 38.3 Å². The number of ether oxygens (including phenoxy) is 1. The van der Waals surface area contributed by atoms with E-state index in [0.717, 1.165) is 24.9 Å². The van der Waals surface area contributed by atoms with E-state index in [1.807, 2.05) is 24.3 Å². The molecule has 1 aromatic rings. The molecule has 0 aliphatic heterocycles. The Labute approximate surface area is 110 Å². The van der Waals surface area contributed by atoms with Crippen LogP contribution in [-0.2, 0) is 11.3 Å². The van der Waals surface area contributed by atoms with E-state index in [1.54, 1.807) is 7.11 Å². The number of hydrogen-bond acceptors (Lipinski definition) is 2. The normalized spacial score (nSPS) is 10.7.